The number of hydrogen-bond acceptors (Lipinski definition) is 5. The molecule has 150 valence electrons. The first-order valence-electron chi connectivity index (χ1n) is 8.82. The summed E-state index contributed by atoms with van der Waals surface area (Å²) in [6, 6.07) is 0. The lowest BCUT2D eigenvalue weighted by molar-refractivity contribution is -0.122. The Morgan fingerprint density at radius 1 is 1.04 bits per heavy atom. The minimum atomic E-state index is -3.36. The number of hydrogen-bond donors (Lipinski definition) is 0. The summed E-state index contributed by atoms with van der Waals surface area (Å²) in [7, 11) is -3.36. The molecule has 0 bridgehead atoms. The van der Waals surface area contributed by atoms with Gasteiger partial charge in [0.15, 0.2) is 15.6 Å². The molecule has 0 radical (unpaired) electrons. The first-order chi connectivity index (χ1) is 12.1. The number of rotatable bonds is 9. The number of ketones is 1. The summed E-state index contributed by atoms with van der Waals surface area (Å²) in [4.78, 5) is 16.3. The van der Waals surface area contributed by atoms with Gasteiger partial charge in [0.05, 0.1) is 10.5 Å². The summed E-state index contributed by atoms with van der Waals surface area (Å²) < 4.78 is 23.4. The Morgan fingerprint density at radius 3 is 2.00 bits per heavy atom. The number of carbonyl (C=O) groups excluding carboxylic acids is 1. The van der Waals surface area contributed by atoms with Crippen molar-refractivity contribution in [1.82, 2.24) is 0 Å². The van der Waals surface area contributed by atoms with E-state index in [0.717, 1.165) is 0 Å². The van der Waals surface area contributed by atoms with E-state index < -0.39 is 25.4 Å². The molecule has 0 rings (SSSR count). The van der Waals surface area contributed by atoms with Crippen LogP contribution in [0.15, 0.2) is 41.3 Å². The van der Waals surface area contributed by atoms with Crippen molar-refractivity contribution in [3.8, 4) is 6.19 Å². The molecule has 0 spiro atoms. The second-order valence-electron chi connectivity index (χ2n) is 8.77. The van der Waals surface area contributed by atoms with E-state index in [9.17, 15) is 13.2 Å². The second kappa shape index (κ2) is 9.27. The van der Waals surface area contributed by atoms with E-state index in [1.54, 1.807) is 59.0 Å². The first-order valence-corrected chi connectivity index (χ1v) is 10.4. The van der Waals surface area contributed by atoms with Gasteiger partial charge in [-0.15, -0.1) is 0 Å². The van der Waals surface area contributed by atoms with E-state index >= 15 is 0 Å². The molecule has 0 aromatic heterocycles. The van der Waals surface area contributed by atoms with Gasteiger partial charge in [0.1, 0.15) is 0 Å². The number of allylic oxidation sites excluding steroid dienone is 4. The molecule has 5 nitrogen and oxygen atoms in total. The summed E-state index contributed by atoms with van der Waals surface area (Å²) in [6.07, 6.45) is 8.98. The van der Waals surface area contributed by atoms with E-state index in [0.29, 0.717) is 18.6 Å². The van der Waals surface area contributed by atoms with Crippen LogP contribution in [0.1, 0.15) is 61.3 Å². The van der Waals surface area contributed by atoms with Crippen LogP contribution < -0.4 is 0 Å². The average molecular weight is 393 g/mol. The van der Waals surface area contributed by atoms with Gasteiger partial charge in [0.2, 0.25) is 6.19 Å². The molecule has 0 saturated carbocycles. The maximum Gasteiger partial charge on any atom is 0.205 e. The first kappa shape index (κ1) is 25.0. The summed E-state index contributed by atoms with van der Waals surface area (Å²) in [5, 5.41) is 9.93. The topological polar surface area (TPSA) is 87.4 Å². The van der Waals surface area contributed by atoms with Crippen molar-refractivity contribution in [2.45, 2.75) is 66.1 Å². The van der Waals surface area contributed by atoms with Crippen molar-refractivity contribution in [2.75, 3.05) is 0 Å². The SMILES string of the molecule is C=C/C(=N\C#N)C(C)(C)C/C=C/C(=O)C(C)(C)C/C=C/S(=O)(=O)C(C)(C)C. The number of sulfone groups is 1. The third kappa shape index (κ3) is 7.64. The van der Waals surface area contributed by atoms with Gasteiger partial charge >= 0.3 is 0 Å². The van der Waals surface area contributed by atoms with Crippen LogP contribution in [-0.2, 0) is 14.6 Å². The highest BCUT2D eigenvalue weighted by atomic mass is 32.2. The Bertz CT molecular complexity index is 784. The zero-order chi connectivity index (χ0) is 21.5. The molecule has 0 amide bonds. The van der Waals surface area contributed by atoms with E-state index in [4.69, 9.17) is 5.26 Å². The van der Waals surface area contributed by atoms with E-state index in [1.165, 1.54) is 11.5 Å². The lowest BCUT2D eigenvalue weighted by atomic mass is 9.81. The van der Waals surface area contributed by atoms with Crippen molar-refractivity contribution >= 4 is 21.3 Å². The quantitative estimate of drug-likeness (QED) is 0.321. The van der Waals surface area contributed by atoms with Crippen LogP contribution >= 0.6 is 0 Å². The zero-order valence-corrected chi connectivity index (χ0v) is 18.4. The maximum atomic E-state index is 12.5. The van der Waals surface area contributed by atoms with Crippen LogP contribution in [-0.4, -0.2) is 24.7 Å². The molecular weight excluding hydrogens is 360 g/mol. The summed E-state index contributed by atoms with van der Waals surface area (Å²) in [6.45, 7) is 16.0. The van der Waals surface area contributed by atoms with Crippen LogP contribution in [0.2, 0.25) is 0 Å². The minimum absolute atomic E-state index is 0.0894. The van der Waals surface area contributed by atoms with Crippen LogP contribution in [0.5, 0.6) is 0 Å². The molecule has 0 saturated heterocycles. The zero-order valence-electron chi connectivity index (χ0n) is 17.5. The second-order valence-corrected chi connectivity index (χ2v) is 11.4. The number of nitrogens with zero attached hydrogens (tertiary/aromatic N) is 2. The summed E-state index contributed by atoms with van der Waals surface area (Å²) >= 11 is 0. The van der Waals surface area contributed by atoms with Gasteiger partial charge in [-0.2, -0.15) is 10.3 Å². The monoisotopic (exact) mass is 392 g/mol. The third-order valence-corrected chi connectivity index (χ3v) is 6.64. The Labute approximate surface area is 164 Å². The van der Waals surface area contributed by atoms with Crippen LogP contribution in [0.4, 0.5) is 0 Å². The fourth-order valence-corrected chi connectivity index (χ4v) is 2.85. The fraction of sp³-hybridized carbons (Fsp3) is 0.571. The number of nitriles is 1. The Balaban J connectivity index is 5.09. The molecule has 0 N–H and O–H groups in total. The average Bonchev–Trinajstić information content (AvgIpc) is 2.50. The predicted molar refractivity (Wildman–Crippen MR) is 112 cm³/mol. The highest BCUT2D eigenvalue weighted by molar-refractivity contribution is 7.95. The minimum Gasteiger partial charge on any atom is -0.294 e. The van der Waals surface area contributed by atoms with Gasteiger partial charge in [0, 0.05) is 16.2 Å². The van der Waals surface area contributed by atoms with Crippen molar-refractivity contribution < 1.29 is 13.2 Å². The van der Waals surface area contributed by atoms with Gasteiger partial charge in [-0.3, -0.25) is 4.79 Å². The summed E-state index contributed by atoms with van der Waals surface area (Å²) in [5.41, 5.74) is -0.567. The van der Waals surface area contributed by atoms with Gasteiger partial charge in [-0.1, -0.05) is 46.4 Å². The Hall–Kier alpha value is -2.00. The smallest absolute Gasteiger partial charge is 0.205 e. The van der Waals surface area contributed by atoms with Crippen molar-refractivity contribution in [3.05, 3.63) is 36.3 Å². The maximum absolute atomic E-state index is 12.5. The Kier molecular flexibility index (Phi) is 8.59. The fourth-order valence-electron chi connectivity index (χ4n) is 2.09. The lowest BCUT2D eigenvalue weighted by Gasteiger charge is -2.23. The normalized spacial score (nSPS) is 14.5. The van der Waals surface area contributed by atoms with Crippen molar-refractivity contribution in [3.63, 3.8) is 0 Å². The van der Waals surface area contributed by atoms with Gasteiger partial charge in [-0.25, -0.2) is 8.42 Å². The highest BCUT2D eigenvalue weighted by Gasteiger charge is 2.28. The molecule has 0 aliphatic carbocycles. The van der Waals surface area contributed by atoms with E-state index in [1.807, 2.05) is 13.8 Å². The van der Waals surface area contributed by atoms with Crippen LogP contribution in [0.3, 0.4) is 0 Å². The molecule has 27 heavy (non-hydrogen) atoms. The molecule has 0 aliphatic heterocycles. The molecular formula is C21H32N2O3S. The third-order valence-electron chi connectivity index (χ3n) is 4.38. The summed E-state index contributed by atoms with van der Waals surface area (Å²) in [5.74, 6) is -0.0894. The molecule has 0 aliphatic rings. The molecule has 6 heteroatoms. The molecule has 0 atom stereocenters. The number of aliphatic imine (C=N–C) groups is 1. The van der Waals surface area contributed by atoms with Gasteiger partial charge < -0.3 is 0 Å². The largest absolute Gasteiger partial charge is 0.294 e. The van der Waals surface area contributed by atoms with Gasteiger partial charge in [0.25, 0.3) is 0 Å². The van der Waals surface area contributed by atoms with Crippen molar-refractivity contribution in [2.24, 2.45) is 15.8 Å². The van der Waals surface area contributed by atoms with Gasteiger partial charge in [-0.05, 0) is 45.8 Å². The van der Waals surface area contributed by atoms with Crippen molar-refractivity contribution in [1.29, 1.82) is 5.26 Å². The van der Waals surface area contributed by atoms with E-state index in [-0.39, 0.29) is 5.78 Å². The van der Waals surface area contributed by atoms with E-state index in [2.05, 4.69) is 11.6 Å². The number of carbonyl (C=O) groups is 1. The molecule has 0 aromatic rings. The molecule has 0 heterocycles. The standard InChI is InChI=1S/C21H32N2O3S/c1-9-17(23-16-22)20(5,6)13-10-12-18(24)21(7,8)14-11-15-27(25,26)19(2,3)4/h9-12,15H,1,13-14H2,2-8H3/b12-10+,15-11+,23-17+. The molecule has 0 fully saturated rings. The predicted octanol–water partition coefficient (Wildman–Crippen LogP) is 4.78. The highest BCUT2D eigenvalue weighted by Crippen LogP contribution is 2.27. The molecule has 0 aromatic carbocycles. The Morgan fingerprint density at radius 2 is 1.56 bits per heavy atom. The molecule has 0 unspecified atom stereocenters. The van der Waals surface area contributed by atoms with Crippen LogP contribution in [0, 0.1) is 22.3 Å². The van der Waals surface area contributed by atoms with Crippen LogP contribution in [0.25, 0.3) is 0 Å². The lowest BCUT2D eigenvalue weighted by Crippen LogP contribution is -2.26.